The van der Waals surface area contributed by atoms with Gasteiger partial charge in [-0.1, -0.05) is 11.6 Å². The summed E-state index contributed by atoms with van der Waals surface area (Å²) in [6.07, 6.45) is -3.09. The van der Waals surface area contributed by atoms with Crippen LogP contribution in [0, 0.1) is 0 Å². The van der Waals surface area contributed by atoms with E-state index in [1.54, 1.807) is 0 Å². The van der Waals surface area contributed by atoms with Crippen LogP contribution in [0.15, 0.2) is 18.2 Å². The SMILES string of the molecule is O=S(=O)(Nc1cc(C(F)(F)F)ccc1Cl)N1CCCC1. The molecule has 0 amide bonds. The summed E-state index contributed by atoms with van der Waals surface area (Å²) < 4.78 is 65.1. The molecular formula is C11H12ClF3N2O2S. The molecule has 4 nitrogen and oxygen atoms in total. The van der Waals surface area contributed by atoms with E-state index in [4.69, 9.17) is 11.6 Å². The van der Waals surface area contributed by atoms with Crippen molar-refractivity contribution in [1.29, 1.82) is 0 Å². The van der Waals surface area contributed by atoms with Gasteiger partial charge in [0.2, 0.25) is 0 Å². The lowest BCUT2D eigenvalue weighted by Crippen LogP contribution is -2.33. The van der Waals surface area contributed by atoms with E-state index in [9.17, 15) is 21.6 Å². The molecule has 0 atom stereocenters. The molecule has 0 aliphatic carbocycles. The van der Waals surface area contributed by atoms with Gasteiger partial charge >= 0.3 is 16.4 Å². The minimum absolute atomic E-state index is 0.0826. The molecule has 0 bridgehead atoms. The topological polar surface area (TPSA) is 49.4 Å². The summed E-state index contributed by atoms with van der Waals surface area (Å²) in [7, 11) is -3.87. The van der Waals surface area contributed by atoms with Gasteiger partial charge in [-0.25, -0.2) is 0 Å². The third-order valence-corrected chi connectivity index (χ3v) is 4.79. The van der Waals surface area contributed by atoms with Crippen LogP contribution < -0.4 is 4.72 Å². The van der Waals surface area contributed by atoms with Crippen LogP contribution in [-0.4, -0.2) is 25.8 Å². The van der Waals surface area contributed by atoms with Crippen LogP contribution in [0.4, 0.5) is 18.9 Å². The Morgan fingerprint density at radius 1 is 1.20 bits per heavy atom. The average molecular weight is 329 g/mol. The van der Waals surface area contributed by atoms with Gasteiger partial charge in [0.15, 0.2) is 0 Å². The fourth-order valence-electron chi connectivity index (χ4n) is 1.91. The van der Waals surface area contributed by atoms with Gasteiger partial charge in [-0.05, 0) is 31.0 Å². The molecule has 9 heteroatoms. The van der Waals surface area contributed by atoms with Gasteiger partial charge in [-0.3, -0.25) is 4.72 Å². The molecule has 1 saturated heterocycles. The fourth-order valence-corrected chi connectivity index (χ4v) is 3.45. The van der Waals surface area contributed by atoms with Crippen molar-refractivity contribution >= 4 is 27.5 Å². The Morgan fingerprint density at radius 3 is 2.35 bits per heavy atom. The second kappa shape index (κ2) is 5.42. The second-order valence-corrected chi connectivity index (χ2v) is 6.48. The van der Waals surface area contributed by atoms with E-state index < -0.39 is 21.9 Å². The first-order chi connectivity index (χ1) is 9.20. The van der Waals surface area contributed by atoms with Crippen LogP contribution >= 0.6 is 11.6 Å². The summed E-state index contributed by atoms with van der Waals surface area (Å²) in [4.78, 5) is 0. The van der Waals surface area contributed by atoms with E-state index in [0.29, 0.717) is 19.2 Å². The van der Waals surface area contributed by atoms with Crippen LogP contribution in [-0.2, 0) is 16.4 Å². The van der Waals surface area contributed by atoms with Crippen LogP contribution in [0.3, 0.4) is 0 Å². The molecule has 1 fully saturated rings. The molecule has 0 spiro atoms. The molecule has 0 aromatic heterocycles. The lowest BCUT2D eigenvalue weighted by atomic mass is 10.2. The quantitative estimate of drug-likeness (QED) is 0.927. The number of nitrogens with one attached hydrogen (secondary N) is 1. The Bertz CT molecular complexity index is 598. The Kier molecular flexibility index (Phi) is 4.17. The predicted molar refractivity (Wildman–Crippen MR) is 69.8 cm³/mol. The van der Waals surface area contributed by atoms with Crippen molar-refractivity contribution in [2.75, 3.05) is 17.8 Å². The zero-order valence-corrected chi connectivity index (χ0v) is 11.8. The highest BCUT2D eigenvalue weighted by Gasteiger charge is 2.32. The number of anilines is 1. The molecule has 0 saturated carbocycles. The minimum atomic E-state index is -4.56. The van der Waals surface area contributed by atoms with E-state index in [2.05, 4.69) is 4.72 Å². The number of benzene rings is 1. The number of hydrogen-bond acceptors (Lipinski definition) is 2. The number of halogens is 4. The lowest BCUT2D eigenvalue weighted by molar-refractivity contribution is -0.137. The van der Waals surface area contributed by atoms with Crippen LogP contribution in [0.1, 0.15) is 18.4 Å². The van der Waals surface area contributed by atoms with E-state index in [1.165, 1.54) is 4.31 Å². The predicted octanol–water partition coefficient (Wildman–Crippen LogP) is 3.11. The third-order valence-electron chi connectivity index (χ3n) is 2.94. The van der Waals surface area contributed by atoms with Gasteiger partial charge in [0.1, 0.15) is 0 Å². The molecule has 0 unspecified atom stereocenters. The Hall–Kier alpha value is -0.990. The van der Waals surface area contributed by atoms with Crippen LogP contribution in [0.2, 0.25) is 5.02 Å². The van der Waals surface area contributed by atoms with Crippen molar-refractivity contribution in [3.05, 3.63) is 28.8 Å². The van der Waals surface area contributed by atoms with Gasteiger partial charge in [0, 0.05) is 13.1 Å². The van der Waals surface area contributed by atoms with Gasteiger partial charge in [-0.15, -0.1) is 0 Å². The van der Waals surface area contributed by atoms with Crippen molar-refractivity contribution < 1.29 is 21.6 Å². The largest absolute Gasteiger partial charge is 0.416 e. The van der Waals surface area contributed by atoms with Gasteiger partial charge in [-0.2, -0.15) is 25.9 Å². The summed E-state index contributed by atoms with van der Waals surface area (Å²) in [6.45, 7) is 0.706. The normalized spacial score (nSPS) is 17.4. The third kappa shape index (κ3) is 3.36. The fraction of sp³-hybridized carbons (Fsp3) is 0.455. The smallest absolute Gasteiger partial charge is 0.269 e. The molecule has 20 heavy (non-hydrogen) atoms. The maximum Gasteiger partial charge on any atom is 0.416 e. The first-order valence-corrected chi connectivity index (χ1v) is 7.66. The molecule has 1 aromatic carbocycles. The zero-order chi connectivity index (χ0) is 15.0. The number of hydrogen-bond donors (Lipinski definition) is 1. The number of alkyl halides is 3. The first-order valence-electron chi connectivity index (χ1n) is 5.85. The van der Waals surface area contributed by atoms with E-state index >= 15 is 0 Å². The van der Waals surface area contributed by atoms with Crippen molar-refractivity contribution in [2.45, 2.75) is 19.0 Å². The molecule has 1 aliphatic rings. The molecule has 1 heterocycles. The summed E-state index contributed by atoms with van der Waals surface area (Å²) in [5, 5.41) is -0.0826. The number of nitrogens with zero attached hydrogens (tertiary/aromatic N) is 1. The number of rotatable bonds is 3. The van der Waals surface area contributed by atoms with E-state index in [1.807, 2.05) is 0 Å². The molecule has 1 N–H and O–H groups in total. The highest BCUT2D eigenvalue weighted by molar-refractivity contribution is 7.90. The van der Waals surface area contributed by atoms with Crippen LogP contribution in [0.5, 0.6) is 0 Å². The molecule has 1 aromatic rings. The highest BCUT2D eigenvalue weighted by atomic mass is 35.5. The van der Waals surface area contributed by atoms with Crippen molar-refractivity contribution in [3.63, 3.8) is 0 Å². The van der Waals surface area contributed by atoms with Crippen molar-refractivity contribution in [2.24, 2.45) is 0 Å². The molecule has 0 radical (unpaired) electrons. The summed E-state index contributed by atoms with van der Waals surface area (Å²) in [5.74, 6) is 0. The molecule has 1 aliphatic heterocycles. The Balaban J connectivity index is 2.29. The van der Waals surface area contributed by atoms with Gasteiger partial charge < -0.3 is 0 Å². The summed E-state index contributed by atoms with van der Waals surface area (Å²) in [5.41, 5.74) is -1.23. The Labute approximate surface area is 119 Å². The highest BCUT2D eigenvalue weighted by Crippen LogP contribution is 2.34. The summed E-state index contributed by atoms with van der Waals surface area (Å²) in [6, 6.07) is 2.51. The minimum Gasteiger partial charge on any atom is -0.269 e. The first kappa shape index (κ1) is 15.4. The van der Waals surface area contributed by atoms with E-state index in [0.717, 1.165) is 25.0 Å². The van der Waals surface area contributed by atoms with Crippen molar-refractivity contribution in [3.8, 4) is 0 Å². The van der Waals surface area contributed by atoms with E-state index in [-0.39, 0.29) is 10.7 Å². The zero-order valence-electron chi connectivity index (χ0n) is 10.2. The van der Waals surface area contributed by atoms with Gasteiger partial charge in [0.05, 0.1) is 16.3 Å². The lowest BCUT2D eigenvalue weighted by Gasteiger charge is -2.18. The standard InChI is InChI=1S/C11H12ClF3N2O2S/c12-9-4-3-8(11(13,14)15)7-10(9)16-20(18,19)17-5-1-2-6-17/h3-4,7,16H,1-2,5-6H2. The summed E-state index contributed by atoms with van der Waals surface area (Å²) >= 11 is 5.75. The van der Waals surface area contributed by atoms with Crippen molar-refractivity contribution in [1.82, 2.24) is 4.31 Å². The average Bonchev–Trinajstić information content (AvgIpc) is 2.84. The molecule has 2 rings (SSSR count). The van der Waals surface area contributed by atoms with Crippen LogP contribution in [0.25, 0.3) is 0 Å². The van der Waals surface area contributed by atoms with Gasteiger partial charge in [0.25, 0.3) is 0 Å². The molecular weight excluding hydrogens is 317 g/mol. The monoisotopic (exact) mass is 328 g/mol. The molecule has 112 valence electrons. The second-order valence-electron chi connectivity index (χ2n) is 4.41. The maximum absolute atomic E-state index is 12.6. The maximum atomic E-state index is 12.6. The Morgan fingerprint density at radius 2 is 1.80 bits per heavy atom.